The molecule has 29 heavy (non-hydrogen) atoms. The maximum Gasteiger partial charge on any atom is 0.340 e. The first-order valence-corrected chi connectivity index (χ1v) is 9.28. The second-order valence-electron chi connectivity index (χ2n) is 6.45. The Labute approximate surface area is 169 Å². The summed E-state index contributed by atoms with van der Waals surface area (Å²) in [6.45, 7) is 1.97. The summed E-state index contributed by atoms with van der Waals surface area (Å²) in [6.07, 6.45) is 3.35. The van der Waals surface area contributed by atoms with E-state index in [0.29, 0.717) is 16.9 Å². The summed E-state index contributed by atoms with van der Waals surface area (Å²) in [5.74, 6) is -0.506. The molecule has 0 aromatic heterocycles. The van der Waals surface area contributed by atoms with Crippen LogP contribution in [0, 0.1) is 0 Å². The fourth-order valence-electron chi connectivity index (χ4n) is 3.08. The summed E-state index contributed by atoms with van der Waals surface area (Å²) >= 11 is 0. The van der Waals surface area contributed by atoms with Gasteiger partial charge in [-0.25, -0.2) is 4.79 Å². The fraction of sp³-hybridized carbons (Fsp3) is 0.125. The predicted molar refractivity (Wildman–Crippen MR) is 117 cm³/mol. The van der Waals surface area contributed by atoms with Crippen LogP contribution in [0.4, 0.5) is 11.4 Å². The Bertz CT molecular complexity index is 1070. The van der Waals surface area contributed by atoms with Crippen molar-refractivity contribution in [1.29, 1.82) is 0 Å². The molecule has 0 bridgehead atoms. The highest BCUT2D eigenvalue weighted by Gasteiger charge is 2.16. The maximum atomic E-state index is 12.2. The molecule has 0 aliphatic carbocycles. The van der Waals surface area contributed by atoms with Crippen LogP contribution in [0.5, 0.6) is 0 Å². The van der Waals surface area contributed by atoms with Crippen LogP contribution in [-0.4, -0.2) is 25.6 Å². The number of benzene rings is 3. The number of nitrogen functional groups attached to an aromatic ring is 1. The molecule has 0 atom stereocenters. The summed E-state index contributed by atoms with van der Waals surface area (Å²) in [5, 5.41) is 0. The van der Waals surface area contributed by atoms with Crippen molar-refractivity contribution in [3.8, 4) is 22.3 Å². The minimum Gasteiger partial charge on any atom is -0.465 e. The Morgan fingerprint density at radius 3 is 2.38 bits per heavy atom. The van der Waals surface area contributed by atoms with Gasteiger partial charge in [-0.15, -0.1) is 0 Å². The van der Waals surface area contributed by atoms with Crippen molar-refractivity contribution < 1.29 is 14.3 Å². The number of hydrogen-bond acceptors (Lipinski definition) is 5. The molecule has 0 saturated heterocycles. The zero-order chi connectivity index (χ0) is 20.8. The van der Waals surface area contributed by atoms with Crippen LogP contribution in [0.2, 0.25) is 0 Å². The van der Waals surface area contributed by atoms with Gasteiger partial charge in [0.2, 0.25) is 0 Å². The number of aliphatic imine (C=N–C) groups is 1. The van der Waals surface area contributed by atoms with Gasteiger partial charge in [0, 0.05) is 11.8 Å². The smallest absolute Gasteiger partial charge is 0.340 e. The molecule has 0 fully saturated rings. The van der Waals surface area contributed by atoms with Gasteiger partial charge in [0.05, 0.1) is 24.0 Å². The van der Waals surface area contributed by atoms with Gasteiger partial charge in [-0.3, -0.25) is 9.79 Å². The van der Waals surface area contributed by atoms with E-state index in [1.165, 1.54) is 7.11 Å². The fourth-order valence-corrected chi connectivity index (χ4v) is 3.08. The molecule has 5 nitrogen and oxygen atoms in total. The Hall–Kier alpha value is -3.73. The highest BCUT2D eigenvalue weighted by atomic mass is 16.5. The van der Waals surface area contributed by atoms with Crippen LogP contribution < -0.4 is 5.73 Å². The molecule has 0 spiro atoms. The number of nitrogens with two attached hydrogens (primary N) is 1. The minimum atomic E-state index is -0.506. The zero-order valence-corrected chi connectivity index (χ0v) is 16.4. The van der Waals surface area contributed by atoms with Crippen molar-refractivity contribution in [1.82, 2.24) is 0 Å². The standard InChI is InChI=1S/C24H22N2O3/c1-3-12-26-22-14-19(13-21(23(22)25)24(28)29-2)16-8-10-17(11-9-16)20-7-5-4-6-18(20)15-27/h4-15H,3,25H2,1-2H3. The summed E-state index contributed by atoms with van der Waals surface area (Å²) < 4.78 is 4.87. The number of carbonyl (C=O) groups is 2. The molecule has 5 heteroatoms. The molecule has 2 N–H and O–H groups in total. The molecular weight excluding hydrogens is 364 g/mol. The molecule has 0 heterocycles. The molecule has 0 aliphatic heterocycles. The minimum absolute atomic E-state index is 0.281. The van der Waals surface area contributed by atoms with Crippen LogP contribution in [0.3, 0.4) is 0 Å². The highest BCUT2D eigenvalue weighted by Crippen LogP contribution is 2.34. The highest BCUT2D eigenvalue weighted by molar-refractivity contribution is 6.00. The molecule has 146 valence electrons. The summed E-state index contributed by atoms with van der Waals surface area (Å²) in [5.41, 5.74) is 11.4. The Kier molecular flexibility index (Phi) is 6.19. The number of hydrogen-bond donors (Lipinski definition) is 1. The maximum absolute atomic E-state index is 12.2. The molecule has 0 saturated carbocycles. The number of aldehydes is 1. The number of carbonyl (C=O) groups excluding carboxylic acids is 2. The lowest BCUT2D eigenvalue weighted by Gasteiger charge is -2.12. The van der Waals surface area contributed by atoms with Gasteiger partial charge in [-0.05, 0) is 40.8 Å². The summed E-state index contributed by atoms with van der Waals surface area (Å²) in [7, 11) is 1.32. The molecule has 3 aromatic rings. The topological polar surface area (TPSA) is 81.8 Å². The van der Waals surface area contributed by atoms with Gasteiger partial charge in [0.25, 0.3) is 0 Å². The van der Waals surface area contributed by atoms with Crippen LogP contribution in [0.15, 0.2) is 65.7 Å². The number of ether oxygens (including phenoxy) is 1. The van der Waals surface area contributed by atoms with E-state index in [0.717, 1.165) is 35.0 Å². The first-order chi connectivity index (χ1) is 14.1. The number of nitrogens with zero attached hydrogens (tertiary/aromatic N) is 1. The molecular formula is C24H22N2O3. The van der Waals surface area contributed by atoms with Crippen LogP contribution in [0.25, 0.3) is 22.3 Å². The summed E-state index contributed by atoms with van der Waals surface area (Å²) in [4.78, 5) is 27.9. The van der Waals surface area contributed by atoms with Crippen molar-refractivity contribution in [2.24, 2.45) is 4.99 Å². The third-order valence-electron chi connectivity index (χ3n) is 4.59. The molecule has 3 aromatic carbocycles. The van der Waals surface area contributed by atoms with E-state index in [4.69, 9.17) is 10.5 Å². The van der Waals surface area contributed by atoms with E-state index in [1.807, 2.05) is 55.5 Å². The molecule has 0 amide bonds. The summed E-state index contributed by atoms with van der Waals surface area (Å²) in [6, 6.07) is 18.8. The molecule has 0 aliphatic rings. The Morgan fingerprint density at radius 1 is 1.03 bits per heavy atom. The quantitative estimate of drug-likeness (QED) is 0.269. The van der Waals surface area contributed by atoms with Crippen molar-refractivity contribution in [3.05, 3.63) is 71.8 Å². The Morgan fingerprint density at radius 2 is 1.72 bits per heavy atom. The Balaban J connectivity index is 2.07. The monoisotopic (exact) mass is 386 g/mol. The third kappa shape index (κ3) is 4.24. The van der Waals surface area contributed by atoms with Crippen molar-refractivity contribution in [2.75, 3.05) is 12.8 Å². The van der Waals surface area contributed by atoms with Crippen molar-refractivity contribution in [2.45, 2.75) is 13.3 Å². The second-order valence-corrected chi connectivity index (χ2v) is 6.45. The zero-order valence-electron chi connectivity index (χ0n) is 16.4. The third-order valence-corrected chi connectivity index (χ3v) is 4.59. The average Bonchev–Trinajstić information content (AvgIpc) is 2.78. The van der Waals surface area contributed by atoms with Crippen LogP contribution >= 0.6 is 0 Å². The molecule has 0 radical (unpaired) electrons. The van der Waals surface area contributed by atoms with Crippen LogP contribution in [0.1, 0.15) is 34.1 Å². The van der Waals surface area contributed by atoms with Gasteiger partial charge in [-0.2, -0.15) is 0 Å². The largest absolute Gasteiger partial charge is 0.465 e. The van der Waals surface area contributed by atoms with E-state index in [-0.39, 0.29) is 5.56 Å². The lowest BCUT2D eigenvalue weighted by molar-refractivity contribution is 0.0602. The van der Waals surface area contributed by atoms with E-state index >= 15 is 0 Å². The SMILES string of the molecule is CCC=Nc1cc(-c2ccc(-c3ccccc3C=O)cc2)cc(C(=O)OC)c1N. The lowest BCUT2D eigenvalue weighted by Crippen LogP contribution is -2.06. The van der Waals surface area contributed by atoms with Gasteiger partial charge in [0.15, 0.2) is 6.29 Å². The van der Waals surface area contributed by atoms with E-state index < -0.39 is 5.97 Å². The van der Waals surface area contributed by atoms with Gasteiger partial charge >= 0.3 is 5.97 Å². The number of methoxy groups -OCH3 is 1. The van der Waals surface area contributed by atoms with Crippen molar-refractivity contribution in [3.63, 3.8) is 0 Å². The predicted octanol–water partition coefficient (Wildman–Crippen LogP) is 5.31. The van der Waals surface area contributed by atoms with E-state index in [1.54, 1.807) is 18.3 Å². The van der Waals surface area contributed by atoms with Gasteiger partial charge < -0.3 is 10.5 Å². The molecule has 0 unspecified atom stereocenters. The first-order valence-electron chi connectivity index (χ1n) is 9.28. The van der Waals surface area contributed by atoms with E-state index in [9.17, 15) is 9.59 Å². The van der Waals surface area contributed by atoms with Crippen molar-refractivity contribution >= 4 is 29.8 Å². The normalized spacial score (nSPS) is 10.8. The number of anilines is 1. The van der Waals surface area contributed by atoms with Crippen LogP contribution in [-0.2, 0) is 4.74 Å². The first kappa shape index (κ1) is 20.0. The van der Waals surface area contributed by atoms with Gasteiger partial charge in [0.1, 0.15) is 0 Å². The lowest BCUT2D eigenvalue weighted by atomic mass is 9.96. The number of rotatable bonds is 6. The molecule has 3 rings (SSSR count). The van der Waals surface area contributed by atoms with Gasteiger partial charge in [-0.1, -0.05) is 55.5 Å². The number of esters is 1. The average molecular weight is 386 g/mol. The van der Waals surface area contributed by atoms with E-state index in [2.05, 4.69) is 4.99 Å². The second kappa shape index (κ2) is 8.97.